The van der Waals surface area contributed by atoms with Gasteiger partial charge in [-0.05, 0) is 31.5 Å². The Morgan fingerprint density at radius 1 is 1.53 bits per heavy atom. The zero-order valence-electron chi connectivity index (χ0n) is 10.2. The van der Waals surface area contributed by atoms with Gasteiger partial charge in [0.15, 0.2) is 0 Å². The SMILES string of the molecule is C=C(CSc1cc(N)ccc1C)C(=O)OCC. The molecule has 0 saturated carbocycles. The fourth-order valence-electron chi connectivity index (χ4n) is 1.23. The molecule has 1 aromatic rings. The number of carbonyl (C=O) groups is 1. The molecule has 17 heavy (non-hydrogen) atoms. The third-order valence-corrected chi connectivity index (χ3v) is 3.42. The largest absolute Gasteiger partial charge is 0.463 e. The van der Waals surface area contributed by atoms with Crippen LogP contribution >= 0.6 is 11.8 Å². The molecule has 0 radical (unpaired) electrons. The van der Waals surface area contributed by atoms with Crippen molar-refractivity contribution in [2.75, 3.05) is 18.1 Å². The van der Waals surface area contributed by atoms with Crippen molar-refractivity contribution in [3.63, 3.8) is 0 Å². The number of nitrogen functional groups attached to an aromatic ring is 1. The first-order chi connectivity index (χ1) is 8.04. The maximum Gasteiger partial charge on any atom is 0.334 e. The van der Waals surface area contributed by atoms with Gasteiger partial charge >= 0.3 is 5.97 Å². The molecule has 1 rings (SSSR count). The van der Waals surface area contributed by atoms with Gasteiger partial charge in [0.1, 0.15) is 0 Å². The number of benzene rings is 1. The van der Waals surface area contributed by atoms with Gasteiger partial charge in [0.2, 0.25) is 0 Å². The second-order valence-corrected chi connectivity index (χ2v) is 4.65. The Balaban J connectivity index is 2.58. The lowest BCUT2D eigenvalue weighted by atomic mass is 10.2. The number of carbonyl (C=O) groups excluding carboxylic acids is 1. The summed E-state index contributed by atoms with van der Waals surface area (Å²) in [7, 11) is 0. The average Bonchev–Trinajstić information content (AvgIpc) is 2.30. The summed E-state index contributed by atoms with van der Waals surface area (Å²) in [6, 6.07) is 5.72. The van der Waals surface area contributed by atoms with Gasteiger partial charge in [-0.3, -0.25) is 0 Å². The predicted molar refractivity (Wildman–Crippen MR) is 72.1 cm³/mol. The van der Waals surface area contributed by atoms with Gasteiger partial charge in [0.25, 0.3) is 0 Å². The Morgan fingerprint density at radius 2 is 2.24 bits per heavy atom. The Hall–Kier alpha value is -1.42. The number of ether oxygens (including phenoxy) is 1. The Morgan fingerprint density at radius 3 is 2.88 bits per heavy atom. The van der Waals surface area contributed by atoms with E-state index in [2.05, 4.69) is 6.58 Å². The molecule has 0 unspecified atom stereocenters. The smallest absolute Gasteiger partial charge is 0.334 e. The second kappa shape index (κ2) is 6.35. The highest BCUT2D eigenvalue weighted by atomic mass is 32.2. The van der Waals surface area contributed by atoms with E-state index in [9.17, 15) is 4.79 Å². The molecule has 0 bridgehead atoms. The van der Waals surface area contributed by atoms with Gasteiger partial charge in [0, 0.05) is 21.9 Å². The van der Waals surface area contributed by atoms with Crippen LogP contribution < -0.4 is 5.73 Å². The van der Waals surface area contributed by atoms with Crippen molar-refractivity contribution in [2.45, 2.75) is 18.7 Å². The molecule has 0 aliphatic carbocycles. The van der Waals surface area contributed by atoms with Crippen molar-refractivity contribution in [1.82, 2.24) is 0 Å². The number of hydrogen-bond acceptors (Lipinski definition) is 4. The number of esters is 1. The van der Waals surface area contributed by atoms with E-state index < -0.39 is 0 Å². The predicted octanol–water partition coefficient (Wildman–Crippen LogP) is 2.79. The van der Waals surface area contributed by atoms with Crippen molar-refractivity contribution in [3.8, 4) is 0 Å². The molecule has 1 aromatic carbocycles. The van der Waals surface area contributed by atoms with Crippen LogP contribution in [0.1, 0.15) is 12.5 Å². The standard InChI is InChI=1S/C13H17NO2S/c1-4-16-13(15)10(3)8-17-12-7-11(14)6-5-9(12)2/h5-7H,3-4,8,14H2,1-2H3. The minimum absolute atomic E-state index is 0.332. The minimum atomic E-state index is -0.332. The zero-order valence-corrected chi connectivity index (χ0v) is 11.0. The van der Waals surface area contributed by atoms with Crippen LogP contribution in [0.3, 0.4) is 0 Å². The highest BCUT2D eigenvalue weighted by molar-refractivity contribution is 7.99. The normalized spacial score (nSPS) is 10.0. The number of thioether (sulfide) groups is 1. The molecule has 0 spiro atoms. The molecule has 0 aliphatic heterocycles. The maximum atomic E-state index is 11.4. The minimum Gasteiger partial charge on any atom is -0.463 e. The molecular weight excluding hydrogens is 234 g/mol. The molecule has 0 aliphatic rings. The summed E-state index contributed by atoms with van der Waals surface area (Å²) in [5.41, 5.74) is 8.05. The summed E-state index contributed by atoms with van der Waals surface area (Å²) in [4.78, 5) is 12.4. The molecule has 4 heteroatoms. The van der Waals surface area contributed by atoms with Crippen LogP contribution in [0.25, 0.3) is 0 Å². The Bertz CT molecular complexity index is 429. The van der Waals surface area contributed by atoms with E-state index in [-0.39, 0.29) is 5.97 Å². The summed E-state index contributed by atoms with van der Waals surface area (Å²) >= 11 is 1.54. The number of hydrogen-bond donors (Lipinski definition) is 1. The van der Waals surface area contributed by atoms with Crippen molar-refractivity contribution >= 4 is 23.4 Å². The third kappa shape index (κ3) is 4.15. The van der Waals surface area contributed by atoms with E-state index in [1.54, 1.807) is 18.7 Å². The quantitative estimate of drug-likeness (QED) is 0.378. The topological polar surface area (TPSA) is 52.3 Å². The van der Waals surface area contributed by atoms with E-state index in [1.807, 2.05) is 25.1 Å². The van der Waals surface area contributed by atoms with Crippen molar-refractivity contribution in [3.05, 3.63) is 35.9 Å². The van der Waals surface area contributed by atoms with E-state index >= 15 is 0 Å². The highest BCUT2D eigenvalue weighted by Crippen LogP contribution is 2.26. The van der Waals surface area contributed by atoms with Gasteiger partial charge in [-0.1, -0.05) is 12.6 Å². The maximum absolute atomic E-state index is 11.4. The molecule has 0 amide bonds. The summed E-state index contributed by atoms with van der Waals surface area (Å²) in [6.45, 7) is 7.88. The van der Waals surface area contributed by atoms with Gasteiger partial charge in [-0.15, -0.1) is 11.8 Å². The van der Waals surface area contributed by atoms with Gasteiger partial charge in [-0.25, -0.2) is 4.79 Å². The first kappa shape index (κ1) is 13.6. The van der Waals surface area contributed by atoms with Gasteiger partial charge in [-0.2, -0.15) is 0 Å². The summed E-state index contributed by atoms with van der Waals surface area (Å²) in [6.07, 6.45) is 0. The molecule has 0 fully saturated rings. The van der Waals surface area contributed by atoms with E-state index in [0.717, 1.165) is 16.1 Å². The fraction of sp³-hybridized carbons (Fsp3) is 0.308. The van der Waals surface area contributed by atoms with Crippen LogP contribution in [0, 0.1) is 6.92 Å². The van der Waals surface area contributed by atoms with Crippen LogP contribution in [0.4, 0.5) is 5.69 Å². The Labute approximate surface area is 106 Å². The summed E-state index contributed by atoms with van der Waals surface area (Å²) < 4.78 is 4.87. The molecule has 0 saturated heterocycles. The van der Waals surface area contributed by atoms with Gasteiger partial charge < -0.3 is 10.5 Å². The molecule has 3 nitrogen and oxygen atoms in total. The van der Waals surface area contributed by atoms with Crippen molar-refractivity contribution in [1.29, 1.82) is 0 Å². The monoisotopic (exact) mass is 251 g/mol. The van der Waals surface area contributed by atoms with Crippen LogP contribution in [0.5, 0.6) is 0 Å². The van der Waals surface area contributed by atoms with Crippen molar-refractivity contribution < 1.29 is 9.53 Å². The number of rotatable bonds is 5. The van der Waals surface area contributed by atoms with E-state index in [0.29, 0.717) is 17.9 Å². The molecular formula is C13H17NO2S. The van der Waals surface area contributed by atoms with E-state index in [4.69, 9.17) is 10.5 Å². The summed E-state index contributed by atoms with van der Waals surface area (Å²) in [5.74, 6) is 0.185. The molecule has 0 heterocycles. The van der Waals surface area contributed by atoms with Crippen molar-refractivity contribution in [2.24, 2.45) is 0 Å². The first-order valence-corrected chi connectivity index (χ1v) is 6.37. The summed E-state index contributed by atoms with van der Waals surface area (Å²) in [5, 5.41) is 0. The molecule has 0 aromatic heterocycles. The van der Waals surface area contributed by atoms with Crippen LogP contribution in [0.2, 0.25) is 0 Å². The third-order valence-electron chi connectivity index (χ3n) is 2.18. The Kier molecular flexibility index (Phi) is 5.10. The lowest BCUT2D eigenvalue weighted by Gasteiger charge is -2.08. The number of aryl methyl sites for hydroxylation is 1. The first-order valence-electron chi connectivity index (χ1n) is 5.38. The van der Waals surface area contributed by atoms with Crippen LogP contribution in [-0.2, 0) is 9.53 Å². The van der Waals surface area contributed by atoms with Crippen LogP contribution in [-0.4, -0.2) is 18.3 Å². The van der Waals surface area contributed by atoms with Crippen LogP contribution in [0.15, 0.2) is 35.2 Å². The molecule has 92 valence electrons. The fourth-order valence-corrected chi connectivity index (χ4v) is 2.19. The lowest BCUT2D eigenvalue weighted by molar-refractivity contribution is -0.138. The van der Waals surface area contributed by atoms with E-state index in [1.165, 1.54) is 0 Å². The average molecular weight is 251 g/mol. The highest BCUT2D eigenvalue weighted by Gasteiger charge is 2.09. The molecule has 0 atom stereocenters. The lowest BCUT2D eigenvalue weighted by Crippen LogP contribution is -2.08. The number of nitrogens with two attached hydrogens (primary N) is 1. The van der Waals surface area contributed by atoms with Gasteiger partial charge in [0.05, 0.1) is 6.61 Å². The zero-order chi connectivity index (χ0) is 12.8. The second-order valence-electron chi connectivity index (χ2n) is 3.64. The number of anilines is 1. The molecule has 2 N–H and O–H groups in total.